The van der Waals surface area contributed by atoms with E-state index in [2.05, 4.69) is 0 Å². The molecule has 7 nitrogen and oxygen atoms in total. The van der Waals surface area contributed by atoms with Crippen molar-refractivity contribution < 1.29 is 24.2 Å². The molecule has 0 aromatic heterocycles. The average molecular weight is 272 g/mol. The fraction of sp³-hybridized carbons (Fsp3) is 0.833. The Hall–Kier alpha value is -1.34. The van der Waals surface area contributed by atoms with Crippen LogP contribution in [-0.4, -0.2) is 78.5 Å². The number of likely N-dealkylation sites (N-methyl/N-ethyl adjacent to an activating group) is 1. The number of carbonyl (C=O) groups excluding carboxylic acids is 1. The first-order valence-corrected chi connectivity index (χ1v) is 6.48. The molecule has 0 bridgehead atoms. The Balaban J connectivity index is 2.06. The van der Waals surface area contributed by atoms with Crippen LogP contribution < -0.4 is 0 Å². The zero-order valence-electron chi connectivity index (χ0n) is 11.2. The molecule has 0 radical (unpaired) electrons. The summed E-state index contributed by atoms with van der Waals surface area (Å²) in [7, 11) is 1.70. The molecule has 2 saturated heterocycles. The standard InChI is InChI=1S/C12H20N2O5/c1-8-9(3-5-19-8)13(2)12(17)14-4-6-18-7-10(14)11(15)16/h8-10H,3-7H2,1-2H3,(H,15,16). The zero-order chi connectivity index (χ0) is 14.0. The van der Waals surface area contributed by atoms with E-state index < -0.39 is 12.0 Å². The summed E-state index contributed by atoms with van der Waals surface area (Å²) in [5.74, 6) is -1.03. The molecule has 0 aromatic rings. The van der Waals surface area contributed by atoms with E-state index in [1.165, 1.54) is 4.90 Å². The van der Waals surface area contributed by atoms with Gasteiger partial charge in [0, 0.05) is 20.2 Å². The number of aliphatic carboxylic acids is 1. The van der Waals surface area contributed by atoms with Gasteiger partial charge in [-0.25, -0.2) is 9.59 Å². The lowest BCUT2D eigenvalue weighted by atomic mass is 10.1. The third-order valence-corrected chi connectivity index (χ3v) is 3.79. The molecule has 2 amide bonds. The molecule has 0 spiro atoms. The van der Waals surface area contributed by atoms with Gasteiger partial charge in [-0.2, -0.15) is 0 Å². The highest BCUT2D eigenvalue weighted by atomic mass is 16.5. The molecule has 0 saturated carbocycles. The summed E-state index contributed by atoms with van der Waals surface area (Å²) >= 11 is 0. The predicted octanol–water partition coefficient (Wildman–Crippen LogP) is 0.00100. The van der Waals surface area contributed by atoms with Crippen molar-refractivity contribution in [2.24, 2.45) is 0 Å². The fourth-order valence-electron chi connectivity index (χ4n) is 2.61. The van der Waals surface area contributed by atoms with Gasteiger partial charge in [0.1, 0.15) is 0 Å². The number of rotatable bonds is 2. The Kier molecular flexibility index (Phi) is 4.26. The van der Waals surface area contributed by atoms with Crippen LogP contribution in [0, 0.1) is 0 Å². The SMILES string of the molecule is CC1OCCC1N(C)C(=O)N1CCOCC1C(=O)O. The van der Waals surface area contributed by atoms with Crippen LogP contribution >= 0.6 is 0 Å². The van der Waals surface area contributed by atoms with Gasteiger partial charge in [-0.1, -0.05) is 0 Å². The van der Waals surface area contributed by atoms with Crippen LogP contribution in [0.3, 0.4) is 0 Å². The summed E-state index contributed by atoms with van der Waals surface area (Å²) in [6.45, 7) is 3.29. The van der Waals surface area contributed by atoms with Gasteiger partial charge in [0.05, 0.1) is 25.4 Å². The summed E-state index contributed by atoms with van der Waals surface area (Å²) in [6, 6.07) is -1.16. The van der Waals surface area contributed by atoms with Gasteiger partial charge in [-0.3, -0.25) is 0 Å². The lowest BCUT2D eigenvalue weighted by Gasteiger charge is -2.38. The topological polar surface area (TPSA) is 79.3 Å². The maximum Gasteiger partial charge on any atom is 0.328 e. The smallest absolute Gasteiger partial charge is 0.328 e. The summed E-state index contributed by atoms with van der Waals surface area (Å²) in [5, 5.41) is 9.14. The van der Waals surface area contributed by atoms with Gasteiger partial charge in [-0.15, -0.1) is 0 Å². The van der Waals surface area contributed by atoms with Crippen LogP contribution in [0.25, 0.3) is 0 Å². The van der Waals surface area contributed by atoms with Crippen molar-refractivity contribution in [3.63, 3.8) is 0 Å². The van der Waals surface area contributed by atoms with Crippen molar-refractivity contribution in [1.29, 1.82) is 0 Å². The van der Waals surface area contributed by atoms with E-state index in [1.54, 1.807) is 11.9 Å². The fourth-order valence-corrected chi connectivity index (χ4v) is 2.61. The minimum absolute atomic E-state index is 0.00443. The number of carboxylic acids is 1. The van der Waals surface area contributed by atoms with Crippen molar-refractivity contribution in [2.75, 3.05) is 33.4 Å². The van der Waals surface area contributed by atoms with E-state index in [-0.39, 0.29) is 24.8 Å². The summed E-state index contributed by atoms with van der Waals surface area (Å²) < 4.78 is 10.6. The van der Waals surface area contributed by atoms with Crippen LogP contribution in [-0.2, 0) is 14.3 Å². The number of urea groups is 1. The van der Waals surface area contributed by atoms with Gasteiger partial charge in [0.15, 0.2) is 6.04 Å². The van der Waals surface area contributed by atoms with E-state index in [9.17, 15) is 9.59 Å². The quantitative estimate of drug-likeness (QED) is 0.765. The lowest BCUT2D eigenvalue weighted by molar-refractivity contribution is -0.147. The predicted molar refractivity (Wildman–Crippen MR) is 65.9 cm³/mol. The monoisotopic (exact) mass is 272 g/mol. The molecule has 7 heteroatoms. The van der Waals surface area contributed by atoms with Crippen LogP contribution in [0.5, 0.6) is 0 Å². The second-order valence-corrected chi connectivity index (χ2v) is 4.95. The number of carboxylic acid groups (broad SMARTS) is 1. The van der Waals surface area contributed by atoms with Gasteiger partial charge < -0.3 is 24.4 Å². The number of ether oxygens (including phenoxy) is 2. The second-order valence-electron chi connectivity index (χ2n) is 4.95. The Morgan fingerprint density at radius 3 is 2.68 bits per heavy atom. The van der Waals surface area contributed by atoms with Crippen LogP contribution in [0.2, 0.25) is 0 Å². The first kappa shape index (κ1) is 14.1. The maximum absolute atomic E-state index is 12.4. The van der Waals surface area contributed by atoms with Crippen molar-refractivity contribution in [1.82, 2.24) is 9.80 Å². The molecule has 0 aromatic carbocycles. The van der Waals surface area contributed by atoms with Crippen LogP contribution in [0.1, 0.15) is 13.3 Å². The average Bonchev–Trinajstić information content (AvgIpc) is 2.83. The Labute approximate surface area is 112 Å². The Morgan fingerprint density at radius 2 is 2.11 bits per heavy atom. The van der Waals surface area contributed by atoms with Crippen molar-refractivity contribution in [3.8, 4) is 0 Å². The number of nitrogens with zero attached hydrogens (tertiary/aromatic N) is 2. The van der Waals surface area contributed by atoms with E-state index in [0.29, 0.717) is 19.8 Å². The summed E-state index contributed by atoms with van der Waals surface area (Å²) in [5.41, 5.74) is 0. The minimum Gasteiger partial charge on any atom is -0.480 e. The molecule has 2 fully saturated rings. The zero-order valence-corrected chi connectivity index (χ0v) is 11.2. The van der Waals surface area contributed by atoms with Crippen molar-refractivity contribution in [3.05, 3.63) is 0 Å². The third kappa shape index (κ3) is 2.82. The maximum atomic E-state index is 12.4. The van der Waals surface area contributed by atoms with Gasteiger partial charge in [0.2, 0.25) is 0 Å². The molecule has 3 unspecified atom stereocenters. The molecular weight excluding hydrogens is 252 g/mol. The second kappa shape index (κ2) is 5.75. The van der Waals surface area contributed by atoms with Gasteiger partial charge in [-0.05, 0) is 13.3 Å². The number of carbonyl (C=O) groups is 2. The Bertz CT molecular complexity index is 362. The largest absolute Gasteiger partial charge is 0.480 e. The van der Waals surface area contributed by atoms with Gasteiger partial charge in [0.25, 0.3) is 0 Å². The molecule has 108 valence electrons. The van der Waals surface area contributed by atoms with E-state index in [1.807, 2.05) is 6.92 Å². The summed E-state index contributed by atoms with van der Waals surface area (Å²) in [6.07, 6.45) is 0.768. The van der Waals surface area contributed by atoms with Crippen LogP contribution in [0.15, 0.2) is 0 Å². The molecule has 19 heavy (non-hydrogen) atoms. The third-order valence-electron chi connectivity index (χ3n) is 3.79. The molecule has 3 atom stereocenters. The molecule has 1 N–H and O–H groups in total. The lowest BCUT2D eigenvalue weighted by Crippen LogP contribution is -2.58. The Morgan fingerprint density at radius 1 is 1.37 bits per heavy atom. The molecule has 2 heterocycles. The highest BCUT2D eigenvalue weighted by molar-refractivity contribution is 5.83. The van der Waals surface area contributed by atoms with Gasteiger partial charge >= 0.3 is 12.0 Å². The first-order valence-electron chi connectivity index (χ1n) is 6.48. The summed E-state index contributed by atoms with van der Waals surface area (Å²) in [4.78, 5) is 26.6. The number of hydrogen-bond donors (Lipinski definition) is 1. The molecule has 0 aliphatic carbocycles. The molecule has 2 aliphatic rings. The number of amides is 2. The highest BCUT2D eigenvalue weighted by Gasteiger charge is 2.38. The highest BCUT2D eigenvalue weighted by Crippen LogP contribution is 2.20. The minimum atomic E-state index is -1.03. The molecular formula is C12H20N2O5. The van der Waals surface area contributed by atoms with Crippen molar-refractivity contribution >= 4 is 12.0 Å². The van der Waals surface area contributed by atoms with E-state index in [4.69, 9.17) is 14.6 Å². The first-order chi connectivity index (χ1) is 9.02. The number of morpholine rings is 1. The number of hydrogen-bond acceptors (Lipinski definition) is 4. The molecule has 2 aliphatic heterocycles. The van der Waals surface area contributed by atoms with Crippen molar-refractivity contribution in [2.45, 2.75) is 31.5 Å². The molecule has 2 rings (SSSR count). The van der Waals surface area contributed by atoms with Crippen LogP contribution in [0.4, 0.5) is 4.79 Å². The normalized spacial score (nSPS) is 31.3. The van der Waals surface area contributed by atoms with E-state index in [0.717, 1.165) is 6.42 Å². The van der Waals surface area contributed by atoms with E-state index >= 15 is 0 Å².